The lowest BCUT2D eigenvalue weighted by molar-refractivity contribution is -0.115. The van der Waals surface area contributed by atoms with Gasteiger partial charge in [0, 0.05) is 63.5 Å². The highest BCUT2D eigenvalue weighted by Gasteiger charge is 2.24. The van der Waals surface area contributed by atoms with Gasteiger partial charge < -0.3 is 30.1 Å². The van der Waals surface area contributed by atoms with E-state index in [1.807, 2.05) is 76.5 Å². The predicted molar refractivity (Wildman–Crippen MR) is 160 cm³/mol. The van der Waals surface area contributed by atoms with E-state index in [-0.39, 0.29) is 24.1 Å². The number of methoxy groups -OCH3 is 1. The second-order valence-electron chi connectivity index (χ2n) is 10.3. The summed E-state index contributed by atoms with van der Waals surface area (Å²) < 4.78 is 5.23. The molecule has 0 bridgehead atoms. The monoisotopic (exact) mass is 555 g/mol. The van der Waals surface area contributed by atoms with Crippen molar-refractivity contribution in [1.82, 2.24) is 15.1 Å². The Kier molecular flexibility index (Phi) is 9.15. The first-order valence-electron chi connectivity index (χ1n) is 14.2. The van der Waals surface area contributed by atoms with Gasteiger partial charge in [0.05, 0.1) is 24.9 Å². The second kappa shape index (κ2) is 13.3. The first-order chi connectivity index (χ1) is 20.0. The van der Waals surface area contributed by atoms with E-state index >= 15 is 0 Å². The molecule has 0 aliphatic carbocycles. The van der Waals surface area contributed by atoms with E-state index in [4.69, 9.17) is 4.74 Å². The van der Waals surface area contributed by atoms with Crippen LogP contribution in [0.5, 0.6) is 5.75 Å². The highest BCUT2D eigenvalue weighted by molar-refractivity contribution is 6.00. The number of hydrogen-bond acceptors (Lipinski definition) is 6. The summed E-state index contributed by atoms with van der Waals surface area (Å²) in [5.41, 5.74) is 3.54. The first kappa shape index (κ1) is 28.2. The smallest absolute Gasteiger partial charge is 0.254 e. The van der Waals surface area contributed by atoms with Gasteiger partial charge in [-0.3, -0.25) is 14.4 Å². The average Bonchev–Trinajstić information content (AvgIpc) is 3.28. The first-order valence-corrected chi connectivity index (χ1v) is 14.2. The van der Waals surface area contributed by atoms with E-state index in [0.717, 1.165) is 43.1 Å². The third kappa shape index (κ3) is 7.05. The molecule has 0 saturated carbocycles. The van der Waals surface area contributed by atoms with Gasteiger partial charge in [0.25, 0.3) is 11.8 Å². The van der Waals surface area contributed by atoms with E-state index in [9.17, 15) is 14.4 Å². The number of piperazine rings is 1. The molecule has 5 rings (SSSR count). The summed E-state index contributed by atoms with van der Waals surface area (Å²) >= 11 is 0. The molecule has 0 spiro atoms. The van der Waals surface area contributed by atoms with E-state index in [1.165, 1.54) is 0 Å². The van der Waals surface area contributed by atoms with Crippen LogP contribution < -0.4 is 20.3 Å². The molecule has 0 aromatic heterocycles. The van der Waals surface area contributed by atoms with E-state index in [1.54, 1.807) is 13.2 Å². The highest BCUT2D eigenvalue weighted by Crippen LogP contribution is 2.30. The van der Waals surface area contributed by atoms with Gasteiger partial charge in [-0.1, -0.05) is 30.3 Å². The molecule has 2 aliphatic rings. The summed E-state index contributed by atoms with van der Waals surface area (Å²) in [7, 11) is 1.61. The van der Waals surface area contributed by atoms with E-state index < -0.39 is 0 Å². The molecule has 9 heteroatoms. The van der Waals surface area contributed by atoms with Gasteiger partial charge in [-0.2, -0.15) is 0 Å². The van der Waals surface area contributed by atoms with Gasteiger partial charge in [0.2, 0.25) is 5.91 Å². The van der Waals surface area contributed by atoms with Crippen LogP contribution in [0.15, 0.2) is 72.8 Å². The lowest BCUT2D eigenvalue weighted by Crippen LogP contribution is -2.46. The predicted octanol–water partition coefficient (Wildman–Crippen LogP) is 3.27. The normalized spacial score (nSPS) is 15.7. The van der Waals surface area contributed by atoms with E-state index in [0.29, 0.717) is 49.5 Å². The summed E-state index contributed by atoms with van der Waals surface area (Å²) in [5, 5.41) is 6.36. The van der Waals surface area contributed by atoms with Crippen LogP contribution in [0, 0.1) is 0 Å². The fourth-order valence-electron chi connectivity index (χ4n) is 5.34. The molecular weight excluding hydrogens is 518 g/mol. The van der Waals surface area contributed by atoms with Crippen LogP contribution in [0.1, 0.15) is 32.7 Å². The molecular formula is C32H37N5O4. The quantitative estimate of drug-likeness (QED) is 0.465. The molecule has 2 N–H and O–H groups in total. The van der Waals surface area contributed by atoms with Crippen molar-refractivity contribution in [1.29, 1.82) is 0 Å². The number of benzene rings is 3. The SMILES string of the molecule is COc1ccc(CC(=O)Nc2cc(C(=O)N3CCNCC3)ccc2N2CCCN(C(=O)c3ccccc3)CC2)cc1. The fourth-order valence-corrected chi connectivity index (χ4v) is 5.34. The second-order valence-corrected chi connectivity index (χ2v) is 10.3. The maximum atomic E-state index is 13.3. The largest absolute Gasteiger partial charge is 0.497 e. The zero-order valence-corrected chi connectivity index (χ0v) is 23.5. The fraction of sp³-hybridized carbons (Fsp3) is 0.344. The molecule has 3 aromatic rings. The molecule has 2 saturated heterocycles. The molecule has 41 heavy (non-hydrogen) atoms. The molecule has 2 fully saturated rings. The van der Waals surface area contributed by atoms with Crippen LogP contribution in [-0.2, 0) is 11.2 Å². The Morgan fingerprint density at radius 1 is 0.780 bits per heavy atom. The third-order valence-electron chi connectivity index (χ3n) is 7.59. The number of ether oxygens (including phenoxy) is 1. The Bertz CT molecular complexity index is 1360. The van der Waals surface area contributed by atoms with Gasteiger partial charge in [0.15, 0.2) is 0 Å². The number of nitrogens with zero attached hydrogens (tertiary/aromatic N) is 3. The third-order valence-corrected chi connectivity index (χ3v) is 7.59. The molecule has 0 atom stereocenters. The topological polar surface area (TPSA) is 94.2 Å². The van der Waals surface area contributed by atoms with Crippen molar-refractivity contribution in [2.75, 3.05) is 69.7 Å². The Morgan fingerprint density at radius 2 is 1.49 bits per heavy atom. The summed E-state index contributed by atoms with van der Waals surface area (Å²) in [4.78, 5) is 45.5. The maximum Gasteiger partial charge on any atom is 0.254 e. The molecule has 2 aliphatic heterocycles. The van der Waals surface area contributed by atoms with Crippen molar-refractivity contribution in [2.45, 2.75) is 12.8 Å². The Morgan fingerprint density at radius 3 is 2.22 bits per heavy atom. The molecule has 0 radical (unpaired) electrons. The number of amides is 3. The molecule has 3 amide bonds. The maximum absolute atomic E-state index is 13.3. The van der Waals surface area contributed by atoms with Gasteiger partial charge in [-0.25, -0.2) is 0 Å². The highest BCUT2D eigenvalue weighted by atomic mass is 16.5. The summed E-state index contributed by atoms with van der Waals surface area (Å²) in [6.07, 6.45) is 0.984. The molecule has 9 nitrogen and oxygen atoms in total. The van der Waals surface area contributed by atoms with Gasteiger partial charge in [-0.15, -0.1) is 0 Å². The Labute approximate surface area is 241 Å². The molecule has 2 heterocycles. The minimum atomic E-state index is -0.168. The van der Waals surface area contributed by atoms with Crippen LogP contribution >= 0.6 is 0 Å². The number of anilines is 2. The van der Waals surface area contributed by atoms with Crippen LogP contribution in [-0.4, -0.2) is 87.0 Å². The zero-order valence-electron chi connectivity index (χ0n) is 23.5. The number of nitrogens with one attached hydrogen (secondary N) is 2. The van der Waals surface area contributed by atoms with Gasteiger partial charge >= 0.3 is 0 Å². The van der Waals surface area contributed by atoms with E-state index in [2.05, 4.69) is 15.5 Å². The number of hydrogen-bond donors (Lipinski definition) is 2. The van der Waals surface area contributed by atoms with Gasteiger partial charge in [-0.05, 0) is 54.4 Å². The van der Waals surface area contributed by atoms with Crippen LogP contribution in [0.2, 0.25) is 0 Å². The number of rotatable bonds is 7. The van der Waals surface area contributed by atoms with Crippen molar-refractivity contribution < 1.29 is 19.1 Å². The summed E-state index contributed by atoms with van der Waals surface area (Å²) in [6.45, 7) is 5.39. The minimum absolute atomic E-state index is 0.0254. The van der Waals surface area contributed by atoms with Crippen molar-refractivity contribution in [3.8, 4) is 5.75 Å². The Hall–Kier alpha value is -4.37. The van der Waals surface area contributed by atoms with Crippen LogP contribution in [0.25, 0.3) is 0 Å². The average molecular weight is 556 g/mol. The number of carbonyl (C=O) groups is 3. The molecule has 214 valence electrons. The van der Waals surface area contributed by atoms with Crippen molar-refractivity contribution in [2.24, 2.45) is 0 Å². The van der Waals surface area contributed by atoms with Crippen LogP contribution in [0.3, 0.4) is 0 Å². The summed E-state index contributed by atoms with van der Waals surface area (Å²) in [5.74, 6) is 0.548. The lowest BCUT2D eigenvalue weighted by atomic mass is 10.1. The minimum Gasteiger partial charge on any atom is -0.497 e. The summed E-state index contributed by atoms with van der Waals surface area (Å²) in [6, 6.07) is 22.3. The molecule has 3 aromatic carbocycles. The lowest BCUT2D eigenvalue weighted by Gasteiger charge is -2.29. The van der Waals surface area contributed by atoms with Crippen LogP contribution in [0.4, 0.5) is 11.4 Å². The molecule has 0 unspecified atom stereocenters. The number of carbonyl (C=O) groups excluding carboxylic acids is 3. The van der Waals surface area contributed by atoms with Crippen molar-refractivity contribution >= 4 is 29.1 Å². The van der Waals surface area contributed by atoms with Crippen molar-refractivity contribution in [3.63, 3.8) is 0 Å². The van der Waals surface area contributed by atoms with Gasteiger partial charge in [0.1, 0.15) is 5.75 Å². The Balaban J connectivity index is 1.35. The zero-order chi connectivity index (χ0) is 28.6. The standard InChI is InChI=1S/C32H37N5O4/c1-41-27-11-8-24(9-12-27)22-30(38)34-28-23-26(32(40)37-18-14-33-15-19-37)10-13-29(28)35-16-5-17-36(21-20-35)31(39)25-6-3-2-4-7-25/h2-4,6-13,23,33H,5,14-22H2,1H3,(H,34,38). The van der Waals surface area contributed by atoms with Crippen molar-refractivity contribution in [3.05, 3.63) is 89.5 Å².